The van der Waals surface area contributed by atoms with Crippen molar-refractivity contribution in [1.29, 1.82) is 0 Å². The third kappa shape index (κ3) is 1.96. The van der Waals surface area contributed by atoms with E-state index in [2.05, 4.69) is 9.24 Å². The highest BCUT2D eigenvalue weighted by Crippen LogP contribution is 2.11. The second-order valence-corrected chi connectivity index (χ2v) is 2.10. The minimum atomic E-state index is -0.240. The van der Waals surface area contributed by atoms with Gasteiger partial charge in [-0.25, -0.2) is 4.39 Å². The van der Waals surface area contributed by atoms with Crippen LogP contribution in [0, 0.1) is 5.82 Å². The first-order valence-corrected chi connectivity index (χ1v) is 3.73. The maximum absolute atomic E-state index is 12.3. The summed E-state index contributed by atoms with van der Waals surface area (Å²) in [7, 11) is 2.42. The molecule has 10 heavy (non-hydrogen) atoms. The van der Waals surface area contributed by atoms with Gasteiger partial charge in [-0.3, -0.25) is 0 Å². The SMILES string of the molecule is Fc1ccc(OCP)cc1. The lowest BCUT2D eigenvalue weighted by atomic mass is 10.3. The molecule has 0 fully saturated rings. The highest BCUT2D eigenvalue weighted by Gasteiger charge is 1.90. The Balaban J connectivity index is 2.69. The van der Waals surface area contributed by atoms with E-state index in [9.17, 15) is 4.39 Å². The van der Waals surface area contributed by atoms with Crippen molar-refractivity contribution >= 4 is 9.24 Å². The Morgan fingerprint density at radius 3 is 2.40 bits per heavy atom. The Hall–Kier alpha value is -0.620. The molecule has 1 rings (SSSR count). The molecule has 0 aliphatic carbocycles. The van der Waals surface area contributed by atoms with E-state index < -0.39 is 0 Å². The lowest BCUT2D eigenvalue weighted by Gasteiger charge is -1.99. The van der Waals surface area contributed by atoms with E-state index in [1.807, 2.05) is 0 Å². The fraction of sp³-hybridized carbons (Fsp3) is 0.143. The standard InChI is InChI=1S/C7H8FOP/c8-6-1-3-7(4-2-6)9-5-10/h1-4H,5,10H2. The van der Waals surface area contributed by atoms with Crippen molar-refractivity contribution in [3.05, 3.63) is 30.1 Å². The van der Waals surface area contributed by atoms with Crippen LogP contribution < -0.4 is 4.74 Å². The summed E-state index contributed by atoms with van der Waals surface area (Å²) >= 11 is 0. The average Bonchev–Trinajstić information content (AvgIpc) is 1.95. The molecular weight excluding hydrogens is 150 g/mol. The van der Waals surface area contributed by atoms with Gasteiger partial charge in [0.2, 0.25) is 0 Å². The lowest BCUT2D eigenvalue weighted by molar-refractivity contribution is 0.391. The molecule has 54 valence electrons. The molecule has 1 atom stereocenters. The predicted molar refractivity (Wildman–Crippen MR) is 41.6 cm³/mol. The first kappa shape index (κ1) is 7.49. The number of benzene rings is 1. The van der Waals surface area contributed by atoms with Gasteiger partial charge in [0.1, 0.15) is 17.9 Å². The molecule has 0 amide bonds. The van der Waals surface area contributed by atoms with Crippen LogP contribution in [0.3, 0.4) is 0 Å². The van der Waals surface area contributed by atoms with Crippen molar-refractivity contribution in [2.24, 2.45) is 0 Å². The third-order valence-corrected chi connectivity index (χ3v) is 1.23. The van der Waals surface area contributed by atoms with E-state index in [1.165, 1.54) is 12.1 Å². The summed E-state index contributed by atoms with van der Waals surface area (Å²) in [6.45, 7) is 0. The summed E-state index contributed by atoms with van der Waals surface area (Å²) in [5.41, 5.74) is 0. The van der Waals surface area contributed by atoms with Crippen LogP contribution in [0.5, 0.6) is 5.75 Å². The number of ether oxygens (including phenoxy) is 1. The molecule has 0 bridgehead atoms. The minimum Gasteiger partial charge on any atom is -0.490 e. The molecule has 0 heterocycles. The zero-order chi connectivity index (χ0) is 7.40. The topological polar surface area (TPSA) is 9.23 Å². The van der Waals surface area contributed by atoms with E-state index in [-0.39, 0.29) is 5.82 Å². The van der Waals surface area contributed by atoms with Crippen molar-refractivity contribution in [3.63, 3.8) is 0 Å². The van der Waals surface area contributed by atoms with Gasteiger partial charge in [0, 0.05) is 0 Å². The van der Waals surface area contributed by atoms with Gasteiger partial charge in [-0.2, -0.15) is 0 Å². The summed E-state index contributed by atoms with van der Waals surface area (Å²) in [6, 6.07) is 5.93. The third-order valence-electron chi connectivity index (χ3n) is 1.06. The molecule has 0 aliphatic heterocycles. The van der Waals surface area contributed by atoms with Gasteiger partial charge in [-0.05, 0) is 24.3 Å². The molecule has 0 aromatic heterocycles. The second kappa shape index (κ2) is 3.52. The summed E-state index contributed by atoms with van der Waals surface area (Å²) in [6.07, 6.45) is 0.533. The Labute approximate surface area is 61.4 Å². The van der Waals surface area contributed by atoms with Crippen LogP contribution >= 0.6 is 9.24 Å². The Kier molecular flexibility index (Phi) is 2.64. The molecule has 0 saturated heterocycles. The molecule has 3 heteroatoms. The van der Waals surface area contributed by atoms with Gasteiger partial charge < -0.3 is 4.74 Å². The Bertz CT molecular complexity index is 197. The van der Waals surface area contributed by atoms with Gasteiger partial charge in [0.05, 0.1) is 0 Å². The van der Waals surface area contributed by atoms with Crippen LogP contribution in [-0.2, 0) is 0 Å². The molecule has 0 aliphatic rings. The van der Waals surface area contributed by atoms with Gasteiger partial charge in [-0.15, -0.1) is 0 Å². The molecule has 0 spiro atoms. The van der Waals surface area contributed by atoms with Crippen molar-refractivity contribution in [1.82, 2.24) is 0 Å². The van der Waals surface area contributed by atoms with Gasteiger partial charge in [0.25, 0.3) is 0 Å². The fourth-order valence-corrected chi connectivity index (χ4v) is 0.819. The molecule has 0 saturated carbocycles. The minimum absolute atomic E-state index is 0.240. The normalized spacial score (nSPS) is 9.40. The first-order chi connectivity index (χ1) is 4.83. The molecule has 1 unspecified atom stereocenters. The molecule has 1 nitrogen and oxygen atoms in total. The maximum atomic E-state index is 12.3. The van der Waals surface area contributed by atoms with Crippen LogP contribution in [0.4, 0.5) is 4.39 Å². The quantitative estimate of drug-likeness (QED) is 0.598. The molecule has 0 radical (unpaired) electrons. The van der Waals surface area contributed by atoms with Crippen LogP contribution in [-0.4, -0.2) is 6.35 Å². The number of rotatable bonds is 2. The van der Waals surface area contributed by atoms with Crippen LogP contribution in [0.15, 0.2) is 24.3 Å². The number of hydrogen-bond acceptors (Lipinski definition) is 1. The van der Waals surface area contributed by atoms with E-state index >= 15 is 0 Å². The van der Waals surface area contributed by atoms with Crippen LogP contribution in [0.1, 0.15) is 0 Å². The summed E-state index contributed by atoms with van der Waals surface area (Å²) in [4.78, 5) is 0. The monoisotopic (exact) mass is 158 g/mol. The second-order valence-electron chi connectivity index (χ2n) is 1.76. The van der Waals surface area contributed by atoms with Crippen LogP contribution in [0.25, 0.3) is 0 Å². The smallest absolute Gasteiger partial charge is 0.123 e. The van der Waals surface area contributed by atoms with Crippen molar-refractivity contribution < 1.29 is 9.13 Å². The number of halogens is 1. The van der Waals surface area contributed by atoms with Crippen molar-refractivity contribution in [3.8, 4) is 5.75 Å². The zero-order valence-electron chi connectivity index (χ0n) is 5.38. The molecule has 0 N–H and O–H groups in total. The highest BCUT2D eigenvalue weighted by atomic mass is 31.0. The highest BCUT2D eigenvalue weighted by molar-refractivity contribution is 7.16. The van der Waals surface area contributed by atoms with Crippen molar-refractivity contribution in [2.75, 3.05) is 6.35 Å². The zero-order valence-corrected chi connectivity index (χ0v) is 6.53. The average molecular weight is 158 g/mol. The van der Waals surface area contributed by atoms with E-state index in [4.69, 9.17) is 4.74 Å². The first-order valence-electron chi connectivity index (χ1n) is 2.91. The van der Waals surface area contributed by atoms with Gasteiger partial charge >= 0.3 is 0 Å². The number of hydrogen-bond donors (Lipinski definition) is 0. The summed E-state index contributed by atoms with van der Waals surface area (Å²) in [5, 5.41) is 0. The van der Waals surface area contributed by atoms with E-state index in [1.54, 1.807) is 12.1 Å². The van der Waals surface area contributed by atoms with Crippen LogP contribution in [0.2, 0.25) is 0 Å². The molecule has 1 aromatic rings. The maximum Gasteiger partial charge on any atom is 0.123 e. The predicted octanol–water partition coefficient (Wildman–Crippen LogP) is 2.04. The van der Waals surface area contributed by atoms with E-state index in [0.717, 1.165) is 0 Å². The molecular formula is C7H8FOP. The largest absolute Gasteiger partial charge is 0.490 e. The van der Waals surface area contributed by atoms with Crippen molar-refractivity contribution in [2.45, 2.75) is 0 Å². The van der Waals surface area contributed by atoms with Gasteiger partial charge in [0.15, 0.2) is 0 Å². The fourth-order valence-electron chi connectivity index (χ4n) is 0.627. The Morgan fingerprint density at radius 1 is 1.30 bits per heavy atom. The van der Waals surface area contributed by atoms with Gasteiger partial charge in [-0.1, -0.05) is 9.24 Å². The summed E-state index contributed by atoms with van der Waals surface area (Å²) < 4.78 is 17.3. The Morgan fingerprint density at radius 2 is 1.90 bits per heavy atom. The van der Waals surface area contributed by atoms with E-state index in [0.29, 0.717) is 12.1 Å². The molecule has 1 aromatic carbocycles. The summed E-state index contributed by atoms with van der Waals surface area (Å²) in [5.74, 6) is 0.451. The lowest BCUT2D eigenvalue weighted by Crippen LogP contribution is -1.87.